The number of hydrogen-bond acceptors (Lipinski definition) is 5. The molecule has 0 saturated carbocycles. The maximum atomic E-state index is 14.4. The third kappa shape index (κ3) is 4.49. The number of hydrogen-bond donors (Lipinski definition) is 2. The summed E-state index contributed by atoms with van der Waals surface area (Å²) in [4.78, 5) is 31.3. The molecule has 0 aromatic heterocycles. The van der Waals surface area contributed by atoms with E-state index in [1.165, 1.54) is 0 Å². The zero-order valence-electron chi connectivity index (χ0n) is 21.6. The van der Waals surface area contributed by atoms with E-state index in [0.717, 1.165) is 33.2 Å². The fraction of sp³-hybridized carbons (Fsp3) is 0.517. The molecule has 3 aliphatic rings. The molecule has 2 saturated heterocycles. The number of aliphatic hydroxyl groups excluding tert-OH is 1. The van der Waals surface area contributed by atoms with Gasteiger partial charge in [0.1, 0.15) is 0 Å². The van der Waals surface area contributed by atoms with Gasteiger partial charge in [0.15, 0.2) is 5.60 Å². The van der Waals surface area contributed by atoms with Gasteiger partial charge in [0.05, 0.1) is 43.0 Å². The fourth-order valence-corrected chi connectivity index (χ4v) is 7.31. The van der Waals surface area contributed by atoms with Gasteiger partial charge in [-0.25, -0.2) is 0 Å². The monoisotopic (exact) mass is 618 g/mol. The van der Waals surface area contributed by atoms with Gasteiger partial charge >= 0.3 is 0 Å². The van der Waals surface area contributed by atoms with Crippen molar-refractivity contribution in [1.82, 2.24) is 4.90 Å². The number of halogens is 1. The van der Waals surface area contributed by atoms with E-state index in [0.29, 0.717) is 13.1 Å². The van der Waals surface area contributed by atoms with E-state index < -0.39 is 23.2 Å². The number of aliphatic hydroxyl groups is 2. The van der Waals surface area contributed by atoms with Crippen LogP contribution < -0.4 is 4.90 Å². The first-order valence-electron chi connectivity index (χ1n) is 13.0. The molecule has 7 nitrogen and oxygen atoms in total. The minimum Gasteiger partial charge on any atom is -0.394 e. The molecule has 2 fully saturated rings. The summed E-state index contributed by atoms with van der Waals surface area (Å²) in [6.07, 6.45) is 1.05. The van der Waals surface area contributed by atoms with Crippen LogP contribution in [0.3, 0.4) is 0 Å². The predicted octanol–water partition coefficient (Wildman–Crippen LogP) is 3.83. The molecule has 0 unspecified atom stereocenters. The number of amides is 2. The molecular formula is C29H35IN2O5. The van der Waals surface area contributed by atoms with Crippen LogP contribution in [0.2, 0.25) is 0 Å². The van der Waals surface area contributed by atoms with Crippen LogP contribution in [0.5, 0.6) is 0 Å². The maximum Gasteiger partial charge on any atom is 0.264 e. The van der Waals surface area contributed by atoms with Crippen LogP contribution >= 0.6 is 22.6 Å². The molecule has 3 aliphatic heterocycles. The number of likely N-dealkylation sites (tertiary alicyclic amines) is 1. The molecule has 0 bridgehead atoms. The van der Waals surface area contributed by atoms with Crippen molar-refractivity contribution in [1.29, 1.82) is 0 Å². The smallest absolute Gasteiger partial charge is 0.264 e. The average Bonchev–Trinajstić information content (AvgIpc) is 3.50. The van der Waals surface area contributed by atoms with Crippen LogP contribution in [-0.2, 0) is 26.5 Å². The average molecular weight is 619 g/mol. The van der Waals surface area contributed by atoms with Gasteiger partial charge in [-0.15, -0.1) is 0 Å². The molecule has 3 heterocycles. The van der Waals surface area contributed by atoms with E-state index in [1.807, 2.05) is 55.5 Å². The molecule has 198 valence electrons. The minimum absolute atomic E-state index is 0.0580. The Morgan fingerprint density at radius 2 is 1.95 bits per heavy atom. The van der Waals surface area contributed by atoms with Crippen LogP contribution in [0.4, 0.5) is 5.69 Å². The molecule has 2 N–H and O–H groups in total. The number of rotatable bonds is 6. The number of nitrogens with zero attached hydrogens (tertiary/aromatic N) is 2. The SMILES string of the molecule is C[C@@H]1[C@@H](C(C)(C)O)[C@H](CC(=O)N2CCC[C@H]2CO)O[C@@]12C(=O)N(Cc1ccccc1)c1ccc(I)cc12. The Morgan fingerprint density at radius 3 is 2.62 bits per heavy atom. The Kier molecular flexibility index (Phi) is 7.15. The van der Waals surface area contributed by atoms with E-state index in [-0.39, 0.29) is 36.8 Å². The molecule has 5 atom stereocenters. The zero-order valence-corrected chi connectivity index (χ0v) is 23.7. The molecular weight excluding hydrogens is 583 g/mol. The second kappa shape index (κ2) is 9.94. The third-order valence-corrected chi connectivity index (χ3v) is 9.08. The number of carbonyl (C=O) groups is 2. The predicted molar refractivity (Wildman–Crippen MR) is 149 cm³/mol. The summed E-state index contributed by atoms with van der Waals surface area (Å²) >= 11 is 2.25. The van der Waals surface area contributed by atoms with Crippen molar-refractivity contribution in [2.45, 2.75) is 69.9 Å². The normalized spacial score (nSPS) is 29.4. The van der Waals surface area contributed by atoms with Crippen molar-refractivity contribution < 1.29 is 24.5 Å². The van der Waals surface area contributed by atoms with Gasteiger partial charge in [0, 0.05) is 27.5 Å². The summed E-state index contributed by atoms with van der Waals surface area (Å²) in [5.41, 5.74) is 0.152. The Labute approximate surface area is 231 Å². The second-order valence-electron chi connectivity index (χ2n) is 11.2. The minimum atomic E-state index is -1.29. The zero-order chi connectivity index (χ0) is 26.5. The Morgan fingerprint density at radius 1 is 1.22 bits per heavy atom. The molecule has 2 aromatic rings. The Bertz CT molecular complexity index is 1180. The lowest BCUT2D eigenvalue weighted by Gasteiger charge is -2.34. The highest BCUT2D eigenvalue weighted by molar-refractivity contribution is 14.1. The van der Waals surface area contributed by atoms with Crippen LogP contribution in [0, 0.1) is 15.4 Å². The van der Waals surface area contributed by atoms with E-state index in [2.05, 4.69) is 22.6 Å². The summed E-state index contributed by atoms with van der Waals surface area (Å²) in [6, 6.07) is 15.6. The van der Waals surface area contributed by atoms with Gasteiger partial charge in [0.2, 0.25) is 5.91 Å². The van der Waals surface area contributed by atoms with Gasteiger partial charge in [-0.3, -0.25) is 9.59 Å². The van der Waals surface area contributed by atoms with E-state index in [1.54, 1.807) is 23.6 Å². The molecule has 0 radical (unpaired) electrons. The van der Waals surface area contributed by atoms with Crippen molar-refractivity contribution in [2.75, 3.05) is 18.1 Å². The van der Waals surface area contributed by atoms with Gasteiger partial charge < -0.3 is 24.7 Å². The summed E-state index contributed by atoms with van der Waals surface area (Å²) in [6.45, 7) is 6.39. The van der Waals surface area contributed by atoms with Crippen LogP contribution in [-0.4, -0.2) is 57.8 Å². The van der Waals surface area contributed by atoms with Crippen LogP contribution in [0.15, 0.2) is 48.5 Å². The van der Waals surface area contributed by atoms with Crippen molar-refractivity contribution >= 4 is 40.1 Å². The van der Waals surface area contributed by atoms with Crippen molar-refractivity contribution in [3.05, 3.63) is 63.2 Å². The first-order valence-corrected chi connectivity index (χ1v) is 14.1. The van der Waals surface area contributed by atoms with Crippen molar-refractivity contribution in [3.63, 3.8) is 0 Å². The summed E-state index contributed by atoms with van der Waals surface area (Å²) < 4.78 is 7.75. The molecule has 37 heavy (non-hydrogen) atoms. The van der Waals surface area contributed by atoms with Crippen LogP contribution in [0.25, 0.3) is 0 Å². The van der Waals surface area contributed by atoms with Gasteiger partial charge in [-0.1, -0.05) is 37.3 Å². The van der Waals surface area contributed by atoms with Crippen molar-refractivity contribution in [2.24, 2.45) is 11.8 Å². The molecule has 0 aliphatic carbocycles. The first-order chi connectivity index (χ1) is 17.6. The molecule has 2 aromatic carbocycles. The largest absolute Gasteiger partial charge is 0.394 e. The first kappa shape index (κ1) is 26.6. The quantitative estimate of drug-likeness (QED) is 0.481. The lowest BCUT2D eigenvalue weighted by molar-refractivity contribution is -0.150. The van der Waals surface area contributed by atoms with Gasteiger partial charge in [-0.2, -0.15) is 0 Å². The number of fused-ring (bicyclic) bond motifs is 2. The second-order valence-corrected chi connectivity index (χ2v) is 12.4. The summed E-state index contributed by atoms with van der Waals surface area (Å²) in [5, 5.41) is 21.0. The van der Waals surface area contributed by atoms with E-state index in [9.17, 15) is 19.8 Å². The van der Waals surface area contributed by atoms with Gasteiger partial charge in [-0.05, 0) is 73.0 Å². The molecule has 5 rings (SSSR count). The van der Waals surface area contributed by atoms with Crippen LogP contribution in [0.1, 0.15) is 51.2 Å². The maximum absolute atomic E-state index is 14.4. The lowest BCUT2D eigenvalue weighted by Crippen LogP contribution is -2.46. The lowest BCUT2D eigenvalue weighted by atomic mass is 9.71. The number of ether oxygens (including phenoxy) is 1. The topological polar surface area (TPSA) is 90.3 Å². The standard InChI is InChI=1S/C29H35IN2O5/c1-18-26(28(2,3)36)24(15-25(34)31-13-7-10-21(31)17-33)37-29(18)22-14-20(30)11-12-23(22)32(27(29)35)16-19-8-5-4-6-9-19/h4-6,8-9,11-12,14,18,21,24,26,33,36H,7,10,13,15-17H2,1-3H3/t18-,21+,24+,26-,29+/m1/s1. The highest BCUT2D eigenvalue weighted by atomic mass is 127. The molecule has 2 amide bonds. The third-order valence-electron chi connectivity index (χ3n) is 8.41. The molecule has 1 spiro atoms. The summed E-state index contributed by atoms with van der Waals surface area (Å²) in [7, 11) is 0. The molecule has 8 heteroatoms. The van der Waals surface area contributed by atoms with Crippen molar-refractivity contribution in [3.8, 4) is 0 Å². The van der Waals surface area contributed by atoms with E-state index in [4.69, 9.17) is 4.74 Å². The fourth-order valence-electron chi connectivity index (χ4n) is 6.82. The van der Waals surface area contributed by atoms with Gasteiger partial charge in [0.25, 0.3) is 5.91 Å². The number of benzene rings is 2. The number of anilines is 1. The highest BCUT2D eigenvalue weighted by Crippen LogP contribution is 2.58. The Hall–Kier alpha value is -2.01. The highest BCUT2D eigenvalue weighted by Gasteiger charge is 2.66. The summed E-state index contributed by atoms with van der Waals surface area (Å²) in [5.74, 6) is -1.07. The Balaban J connectivity index is 1.54. The van der Waals surface area contributed by atoms with E-state index >= 15 is 0 Å². The number of carbonyl (C=O) groups excluding carboxylic acids is 2.